The lowest BCUT2D eigenvalue weighted by atomic mass is 10.1. The maximum absolute atomic E-state index is 12.1. The number of hydrogen-bond acceptors (Lipinski definition) is 2. The molecule has 2 nitrogen and oxygen atoms in total. The van der Waals surface area contributed by atoms with E-state index in [0.717, 1.165) is 14.9 Å². The maximum Gasteiger partial charge on any atom is 0.251 e. The van der Waals surface area contributed by atoms with Crippen molar-refractivity contribution in [2.45, 2.75) is 17.9 Å². The van der Waals surface area contributed by atoms with Crippen LogP contribution in [0.2, 0.25) is 0 Å². The van der Waals surface area contributed by atoms with Crippen LogP contribution in [0.25, 0.3) is 0 Å². The fraction of sp³-hybridized carbons (Fsp3) is 0.133. The van der Waals surface area contributed by atoms with E-state index in [2.05, 4.69) is 33.9 Å². The highest BCUT2D eigenvalue weighted by Gasteiger charge is 2.11. The van der Waals surface area contributed by atoms with Gasteiger partial charge in [0.2, 0.25) is 0 Å². The number of nitrogens with one attached hydrogen (secondary N) is 1. The normalized spacial score (nSPS) is 11.9. The minimum atomic E-state index is -0.0941. The van der Waals surface area contributed by atoms with Gasteiger partial charge in [-0.25, -0.2) is 0 Å². The summed E-state index contributed by atoms with van der Waals surface area (Å²) in [7, 11) is 0. The average Bonchev–Trinajstić information content (AvgIpc) is 2.38. The van der Waals surface area contributed by atoms with E-state index in [1.807, 2.05) is 43.3 Å². The molecule has 98 valence electrons. The van der Waals surface area contributed by atoms with E-state index >= 15 is 0 Å². The number of hydrogen-bond donors (Lipinski definition) is 2. The van der Waals surface area contributed by atoms with Crippen molar-refractivity contribution in [2.24, 2.45) is 0 Å². The van der Waals surface area contributed by atoms with Gasteiger partial charge in [0.1, 0.15) is 0 Å². The monoisotopic (exact) mass is 335 g/mol. The third kappa shape index (κ3) is 3.85. The van der Waals surface area contributed by atoms with Crippen molar-refractivity contribution >= 4 is 34.5 Å². The Morgan fingerprint density at radius 1 is 1.21 bits per heavy atom. The molecule has 0 aliphatic heterocycles. The molecule has 0 heterocycles. The maximum atomic E-state index is 12.1. The summed E-state index contributed by atoms with van der Waals surface area (Å²) in [6.07, 6.45) is 0. The minimum absolute atomic E-state index is 0.0476. The largest absolute Gasteiger partial charge is 0.346 e. The number of thiol groups is 1. The molecule has 1 amide bonds. The summed E-state index contributed by atoms with van der Waals surface area (Å²) in [5, 5.41) is 2.97. The molecule has 0 radical (unpaired) electrons. The highest BCUT2D eigenvalue weighted by molar-refractivity contribution is 9.10. The second-order valence-electron chi connectivity index (χ2n) is 4.30. The van der Waals surface area contributed by atoms with Crippen LogP contribution in [0.15, 0.2) is 57.9 Å². The predicted molar refractivity (Wildman–Crippen MR) is 83.7 cm³/mol. The van der Waals surface area contributed by atoms with E-state index in [-0.39, 0.29) is 11.9 Å². The van der Waals surface area contributed by atoms with Gasteiger partial charge in [-0.15, -0.1) is 12.6 Å². The van der Waals surface area contributed by atoms with Gasteiger partial charge in [-0.1, -0.05) is 34.1 Å². The topological polar surface area (TPSA) is 29.1 Å². The fourth-order valence-electron chi connectivity index (χ4n) is 1.79. The zero-order valence-electron chi connectivity index (χ0n) is 10.4. The second-order valence-corrected chi connectivity index (χ2v) is 5.73. The van der Waals surface area contributed by atoms with Crippen molar-refractivity contribution < 1.29 is 4.79 Å². The molecule has 0 fully saturated rings. The number of benzene rings is 2. The molecule has 0 spiro atoms. The summed E-state index contributed by atoms with van der Waals surface area (Å²) >= 11 is 7.66. The van der Waals surface area contributed by atoms with Gasteiger partial charge in [-0.2, -0.15) is 0 Å². The van der Waals surface area contributed by atoms with Gasteiger partial charge in [0.15, 0.2) is 0 Å². The van der Waals surface area contributed by atoms with Crippen LogP contribution >= 0.6 is 28.6 Å². The quantitative estimate of drug-likeness (QED) is 0.807. The van der Waals surface area contributed by atoms with Crippen molar-refractivity contribution in [3.8, 4) is 0 Å². The summed E-state index contributed by atoms with van der Waals surface area (Å²) in [5.74, 6) is -0.0941. The lowest BCUT2D eigenvalue weighted by Gasteiger charge is -2.14. The number of amides is 1. The Kier molecular flexibility index (Phi) is 4.66. The van der Waals surface area contributed by atoms with Crippen molar-refractivity contribution in [1.82, 2.24) is 5.32 Å². The summed E-state index contributed by atoms with van der Waals surface area (Å²) in [6.45, 7) is 1.96. The Bertz CT molecular complexity index is 600. The van der Waals surface area contributed by atoms with Crippen molar-refractivity contribution in [1.29, 1.82) is 0 Å². The van der Waals surface area contributed by atoms with E-state index in [0.29, 0.717) is 5.56 Å². The highest BCUT2D eigenvalue weighted by atomic mass is 79.9. The van der Waals surface area contributed by atoms with Crippen LogP contribution < -0.4 is 5.32 Å². The molecule has 1 unspecified atom stereocenters. The third-order valence-electron chi connectivity index (χ3n) is 2.80. The molecule has 0 aliphatic carbocycles. The Morgan fingerprint density at radius 3 is 2.63 bits per heavy atom. The van der Waals surface area contributed by atoms with Crippen molar-refractivity contribution in [2.75, 3.05) is 0 Å². The van der Waals surface area contributed by atoms with E-state index < -0.39 is 0 Å². The molecule has 0 aromatic heterocycles. The molecule has 2 rings (SSSR count). The number of halogens is 1. The van der Waals surface area contributed by atoms with Gasteiger partial charge in [-0.05, 0) is 42.8 Å². The SMILES string of the molecule is CC(NC(=O)c1cccc(S)c1)c1cccc(Br)c1. The fourth-order valence-corrected chi connectivity index (χ4v) is 2.43. The highest BCUT2D eigenvalue weighted by Crippen LogP contribution is 2.18. The van der Waals surface area contributed by atoms with Gasteiger partial charge >= 0.3 is 0 Å². The summed E-state index contributed by atoms with van der Waals surface area (Å²) in [6, 6.07) is 15.1. The first-order chi connectivity index (χ1) is 9.06. The first-order valence-electron chi connectivity index (χ1n) is 5.91. The van der Waals surface area contributed by atoms with Crippen LogP contribution in [-0.4, -0.2) is 5.91 Å². The first kappa shape index (κ1) is 14.2. The van der Waals surface area contributed by atoms with Crippen LogP contribution in [0.5, 0.6) is 0 Å². The number of rotatable bonds is 3. The van der Waals surface area contributed by atoms with Gasteiger partial charge in [0.25, 0.3) is 5.91 Å². The average molecular weight is 336 g/mol. The van der Waals surface area contributed by atoms with Crippen molar-refractivity contribution in [3.63, 3.8) is 0 Å². The van der Waals surface area contributed by atoms with Crippen LogP contribution in [0.4, 0.5) is 0 Å². The zero-order valence-corrected chi connectivity index (χ0v) is 12.9. The molecular formula is C15H14BrNOS. The Labute approximate surface area is 126 Å². The van der Waals surface area contributed by atoms with E-state index in [1.165, 1.54) is 0 Å². The smallest absolute Gasteiger partial charge is 0.251 e. The number of carbonyl (C=O) groups is 1. The van der Waals surface area contributed by atoms with E-state index in [4.69, 9.17) is 0 Å². The summed E-state index contributed by atoms with van der Waals surface area (Å²) < 4.78 is 1.00. The molecule has 0 saturated carbocycles. The van der Waals surface area contributed by atoms with Crippen LogP contribution in [0, 0.1) is 0 Å². The van der Waals surface area contributed by atoms with E-state index in [9.17, 15) is 4.79 Å². The zero-order chi connectivity index (χ0) is 13.8. The minimum Gasteiger partial charge on any atom is -0.346 e. The molecule has 2 aromatic rings. The molecule has 19 heavy (non-hydrogen) atoms. The first-order valence-corrected chi connectivity index (χ1v) is 7.15. The molecule has 0 bridgehead atoms. The van der Waals surface area contributed by atoms with Crippen molar-refractivity contribution in [3.05, 3.63) is 64.1 Å². The molecule has 0 saturated heterocycles. The summed E-state index contributed by atoms with van der Waals surface area (Å²) in [5.41, 5.74) is 1.68. The molecule has 1 atom stereocenters. The lowest BCUT2D eigenvalue weighted by molar-refractivity contribution is 0.0939. The Hall–Kier alpha value is -1.26. The molecular weight excluding hydrogens is 322 g/mol. The van der Waals surface area contributed by atoms with Gasteiger partial charge in [-0.3, -0.25) is 4.79 Å². The van der Waals surface area contributed by atoms with Crippen LogP contribution in [-0.2, 0) is 0 Å². The van der Waals surface area contributed by atoms with Gasteiger partial charge in [0.05, 0.1) is 6.04 Å². The Balaban J connectivity index is 2.11. The van der Waals surface area contributed by atoms with Gasteiger partial charge < -0.3 is 5.32 Å². The summed E-state index contributed by atoms with van der Waals surface area (Å²) in [4.78, 5) is 12.9. The van der Waals surface area contributed by atoms with E-state index in [1.54, 1.807) is 12.1 Å². The molecule has 4 heteroatoms. The second kappa shape index (κ2) is 6.26. The molecule has 2 aromatic carbocycles. The van der Waals surface area contributed by atoms with Gasteiger partial charge in [0, 0.05) is 14.9 Å². The lowest BCUT2D eigenvalue weighted by Crippen LogP contribution is -2.26. The third-order valence-corrected chi connectivity index (χ3v) is 3.58. The Morgan fingerprint density at radius 2 is 1.95 bits per heavy atom. The molecule has 1 N–H and O–H groups in total. The van der Waals surface area contributed by atoms with Crippen LogP contribution in [0.3, 0.4) is 0 Å². The molecule has 0 aliphatic rings. The van der Waals surface area contributed by atoms with Crippen LogP contribution in [0.1, 0.15) is 28.9 Å². The predicted octanol–water partition coefficient (Wildman–Crippen LogP) is 4.23. The standard InChI is InChI=1S/C15H14BrNOS/c1-10(11-4-2-6-13(16)8-11)17-15(18)12-5-3-7-14(19)9-12/h2-10,19H,1H3,(H,17,18). The number of carbonyl (C=O) groups excluding carboxylic acids is 1.